The number of ether oxygens (including phenoxy) is 4. The largest absolute Gasteiger partial charge is 0.493 e. The molecular formula is C62H80ClN7O9S. The number of carbonyl (C=O) groups is 4. The molecule has 5 aromatic rings. The number of hydrogen-bond donors (Lipinski definition) is 3. The second-order valence-corrected chi connectivity index (χ2v) is 24.2. The first kappa shape index (κ1) is 60.0. The van der Waals surface area contributed by atoms with Crippen LogP contribution in [0.5, 0.6) is 11.5 Å². The summed E-state index contributed by atoms with van der Waals surface area (Å²) >= 11 is 7.92. The maximum Gasteiger partial charge on any atom is 0.246 e. The normalized spacial score (nSPS) is 19.7. The van der Waals surface area contributed by atoms with E-state index in [0.29, 0.717) is 41.7 Å². The number of methoxy groups -OCH3 is 1. The zero-order valence-corrected chi connectivity index (χ0v) is 49.4. The van der Waals surface area contributed by atoms with E-state index in [9.17, 15) is 24.3 Å². The van der Waals surface area contributed by atoms with Gasteiger partial charge in [0, 0.05) is 62.1 Å². The van der Waals surface area contributed by atoms with E-state index in [2.05, 4.69) is 51.6 Å². The number of aliphatic hydroxyl groups is 1. The van der Waals surface area contributed by atoms with Gasteiger partial charge in [0.1, 0.15) is 18.7 Å². The summed E-state index contributed by atoms with van der Waals surface area (Å²) in [6, 6.07) is 26.1. The summed E-state index contributed by atoms with van der Waals surface area (Å²) in [7, 11) is 5.91. The van der Waals surface area contributed by atoms with Crippen molar-refractivity contribution in [3.63, 3.8) is 0 Å². The van der Waals surface area contributed by atoms with E-state index in [1.165, 1.54) is 4.90 Å². The molecule has 1 aliphatic carbocycles. The molecule has 4 atom stereocenters. The molecule has 0 radical (unpaired) electrons. The summed E-state index contributed by atoms with van der Waals surface area (Å²) in [5.41, 5.74) is 8.81. The molecule has 2 aliphatic heterocycles. The maximum atomic E-state index is 14.1. The second-order valence-electron chi connectivity index (χ2n) is 22.9. The number of amides is 4. The number of likely N-dealkylation sites (tertiary alicyclic amines) is 1. The van der Waals surface area contributed by atoms with Gasteiger partial charge in [0.2, 0.25) is 23.6 Å². The maximum absolute atomic E-state index is 14.1. The van der Waals surface area contributed by atoms with E-state index in [0.717, 1.165) is 88.5 Å². The minimum Gasteiger partial charge on any atom is -0.493 e. The van der Waals surface area contributed by atoms with Crippen molar-refractivity contribution in [2.75, 3.05) is 77.1 Å². The number of rotatable bonds is 23. The molecule has 16 nitrogen and oxygen atoms in total. The van der Waals surface area contributed by atoms with Crippen LogP contribution in [-0.4, -0.2) is 141 Å². The minimum atomic E-state index is -0.955. The van der Waals surface area contributed by atoms with Gasteiger partial charge in [0.05, 0.1) is 67.7 Å². The lowest BCUT2D eigenvalue weighted by Gasteiger charge is -2.38. The Bertz CT molecular complexity index is 2890. The summed E-state index contributed by atoms with van der Waals surface area (Å²) in [5, 5.41) is 17.1. The van der Waals surface area contributed by atoms with Crippen molar-refractivity contribution in [3.8, 4) is 21.9 Å². The molecule has 0 spiro atoms. The van der Waals surface area contributed by atoms with Gasteiger partial charge in [0.15, 0.2) is 11.5 Å². The molecule has 3 aliphatic rings. The van der Waals surface area contributed by atoms with E-state index >= 15 is 0 Å². The molecule has 1 saturated carbocycles. The van der Waals surface area contributed by atoms with Gasteiger partial charge in [-0.2, -0.15) is 0 Å². The van der Waals surface area contributed by atoms with Gasteiger partial charge in [-0.15, -0.1) is 11.3 Å². The first-order valence-electron chi connectivity index (χ1n) is 27.9. The molecule has 1 aromatic heterocycles. The number of thiazole rings is 1. The number of benzene rings is 4. The van der Waals surface area contributed by atoms with E-state index in [1.54, 1.807) is 18.4 Å². The second kappa shape index (κ2) is 27.1. The molecule has 3 heterocycles. The number of fused-ring (bicyclic) bond motifs is 1. The Morgan fingerprint density at radius 3 is 2.26 bits per heavy atom. The van der Waals surface area contributed by atoms with Gasteiger partial charge in [0.25, 0.3) is 0 Å². The van der Waals surface area contributed by atoms with Crippen LogP contribution in [0.25, 0.3) is 10.4 Å². The van der Waals surface area contributed by atoms with E-state index in [-0.39, 0.29) is 63.1 Å². The predicted molar refractivity (Wildman–Crippen MR) is 315 cm³/mol. The van der Waals surface area contributed by atoms with Crippen molar-refractivity contribution in [1.29, 1.82) is 0 Å². The van der Waals surface area contributed by atoms with E-state index in [1.807, 2.05) is 125 Å². The molecule has 1 unspecified atom stereocenters. The molecular weight excluding hydrogens is 1050 g/mol. The first-order chi connectivity index (χ1) is 38.3. The number of hydrogen-bond acceptors (Lipinski definition) is 13. The standard InChI is InChI=1S/C62H80ClN7O9S/c1-39(2)79-54-33-51-45(30-53(54)76-9)31-56(73)70(57(51)43-16-18-46(63)19-17-43)49-24-22-48(23-25-49)68(8)35-42-12-20-47(21-13-42)67(7)26-27-77-28-29-78-37-55(72)66-59(62(4,5)6)61(75)69-36-50(71)32-52(69)60(74)64-34-41-10-14-44(15-11-41)58-40(3)65-38-80-58/h10-11,14-19,22-25,30,33,38-39,42,47,50,52,57,59,71H,12-13,20-21,26-29,31-32,34-37H2,1-9H3,(H,64,74)(H,66,72)/t42-,47-,50-,52+,57?,59-/m1/s1. The third-order valence-electron chi connectivity index (χ3n) is 15.6. The van der Waals surface area contributed by atoms with Crippen LogP contribution >= 0.6 is 22.9 Å². The van der Waals surface area contributed by atoms with Crippen molar-refractivity contribution in [3.05, 3.63) is 123 Å². The number of β-amino-alcohol motifs (C(OH)–C–C–N with tert-alkyl or cyclic N) is 1. The lowest BCUT2D eigenvalue weighted by molar-refractivity contribution is -0.144. The van der Waals surface area contributed by atoms with Gasteiger partial charge in [-0.1, -0.05) is 68.8 Å². The van der Waals surface area contributed by atoms with Crippen LogP contribution in [0, 0.1) is 18.3 Å². The fourth-order valence-electron chi connectivity index (χ4n) is 11.2. The van der Waals surface area contributed by atoms with Crippen LogP contribution in [0.4, 0.5) is 11.4 Å². The number of nitrogens with zero attached hydrogens (tertiary/aromatic N) is 5. The highest BCUT2D eigenvalue weighted by Crippen LogP contribution is 2.44. The number of aromatic nitrogens is 1. The molecule has 430 valence electrons. The van der Waals surface area contributed by atoms with Crippen molar-refractivity contribution in [1.82, 2.24) is 25.4 Å². The third-order valence-corrected chi connectivity index (χ3v) is 16.8. The molecule has 80 heavy (non-hydrogen) atoms. The Balaban J connectivity index is 0.740. The fraction of sp³-hybridized carbons (Fsp3) is 0.500. The Morgan fingerprint density at radius 2 is 1.61 bits per heavy atom. The summed E-state index contributed by atoms with van der Waals surface area (Å²) < 4.78 is 23.5. The Labute approximate surface area is 481 Å². The smallest absolute Gasteiger partial charge is 0.246 e. The van der Waals surface area contributed by atoms with Crippen molar-refractivity contribution >= 4 is 57.9 Å². The number of halogens is 1. The number of aliphatic hydroxyl groups excluding tert-OH is 1. The number of likely N-dealkylation sites (N-methyl/N-ethyl adjacent to an activating group) is 1. The van der Waals surface area contributed by atoms with Gasteiger partial charge >= 0.3 is 0 Å². The van der Waals surface area contributed by atoms with E-state index < -0.39 is 35.4 Å². The van der Waals surface area contributed by atoms with Gasteiger partial charge in [-0.3, -0.25) is 19.2 Å². The molecule has 1 saturated heterocycles. The van der Waals surface area contributed by atoms with Crippen LogP contribution in [0.3, 0.4) is 0 Å². The number of anilines is 2. The highest BCUT2D eigenvalue weighted by atomic mass is 35.5. The summed E-state index contributed by atoms with van der Waals surface area (Å²) in [5.74, 6) is 0.557. The SMILES string of the molecule is COc1cc2c(cc1OC(C)C)C(c1ccc(Cl)cc1)N(c1ccc(N(C)C[C@H]3CC[C@H](N(C)CCOCCOCC(=O)N[C@H](C(=O)N4C[C@H](O)C[C@H]4C(=O)NCc4ccc(-c5scnc5C)cc4)C(C)(C)C)CC3)cc1)C(=O)C2. The van der Waals surface area contributed by atoms with Crippen molar-refractivity contribution in [2.45, 2.75) is 123 Å². The van der Waals surface area contributed by atoms with Crippen LogP contribution in [0.1, 0.15) is 101 Å². The Morgan fingerprint density at radius 1 is 0.912 bits per heavy atom. The van der Waals surface area contributed by atoms with Crippen molar-refractivity contribution < 1.29 is 43.2 Å². The third kappa shape index (κ3) is 15.1. The predicted octanol–water partition coefficient (Wildman–Crippen LogP) is 9.02. The average Bonchev–Trinajstić information content (AvgIpc) is 4.18. The van der Waals surface area contributed by atoms with Gasteiger partial charge < -0.3 is 54.3 Å². The summed E-state index contributed by atoms with van der Waals surface area (Å²) in [6.07, 6.45) is 3.85. The number of aryl methyl sites for hydroxylation is 1. The van der Waals surface area contributed by atoms with Gasteiger partial charge in [-0.25, -0.2) is 4.98 Å². The zero-order valence-electron chi connectivity index (χ0n) is 47.8. The monoisotopic (exact) mass is 1130 g/mol. The lowest BCUT2D eigenvalue weighted by atomic mass is 9.85. The molecule has 4 aromatic carbocycles. The highest BCUT2D eigenvalue weighted by Gasteiger charge is 2.45. The minimum absolute atomic E-state index is 0.00189. The zero-order chi connectivity index (χ0) is 57.3. The molecule has 0 bridgehead atoms. The van der Waals surface area contributed by atoms with Crippen LogP contribution in [-0.2, 0) is 41.6 Å². The number of carbonyl (C=O) groups excluding carboxylic acids is 4. The molecule has 3 N–H and O–H groups in total. The quantitative estimate of drug-likeness (QED) is 0.0531. The molecule has 8 rings (SSSR count). The van der Waals surface area contributed by atoms with Crippen LogP contribution in [0.2, 0.25) is 5.02 Å². The highest BCUT2D eigenvalue weighted by molar-refractivity contribution is 7.13. The Kier molecular flexibility index (Phi) is 20.4. The molecule has 2 fully saturated rings. The van der Waals surface area contributed by atoms with Crippen molar-refractivity contribution in [2.24, 2.45) is 11.3 Å². The van der Waals surface area contributed by atoms with E-state index in [4.69, 9.17) is 30.5 Å². The average molecular weight is 1130 g/mol. The first-order valence-corrected chi connectivity index (χ1v) is 29.2. The van der Waals surface area contributed by atoms with Crippen LogP contribution in [0.15, 0.2) is 90.4 Å². The summed E-state index contributed by atoms with van der Waals surface area (Å²) in [4.78, 5) is 68.3. The van der Waals surface area contributed by atoms with Gasteiger partial charge in [-0.05, 0) is 141 Å². The summed E-state index contributed by atoms with van der Waals surface area (Å²) in [6.45, 7) is 14.2. The molecule has 18 heteroatoms. The Hall–Kier alpha value is -6.08. The van der Waals surface area contributed by atoms with Crippen LogP contribution < -0.4 is 29.9 Å². The lowest BCUT2D eigenvalue weighted by Crippen LogP contribution is -2.58. The number of nitrogens with one attached hydrogen (secondary N) is 2. The molecule has 4 amide bonds. The fourth-order valence-corrected chi connectivity index (χ4v) is 12.2. The topological polar surface area (TPSA) is 175 Å².